The first-order valence-electron chi connectivity index (χ1n) is 6.44. The summed E-state index contributed by atoms with van der Waals surface area (Å²) in [5.74, 6) is 0. The first-order chi connectivity index (χ1) is 10.1. The van der Waals surface area contributed by atoms with Crippen molar-refractivity contribution in [2.45, 2.75) is 13.5 Å². The summed E-state index contributed by atoms with van der Waals surface area (Å²) in [6.07, 6.45) is 1.61. The second-order valence-corrected chi connectivity index (χ2v) is 4.48. The van der Waals surface area contributed by atoms with Gasteiger partial charge in [-0.2, -0.15) is 0 Å². The van der Waals surface area contributed by atoms with Crippen molar-refractivity contribution < 1.29 is 4.92 Å². The fourth-order valence-electron chi connectivity index (χ4n) is 2.35. The van der Waals surface area contributed by atoms with E-state index in [4.69, 9.17) is 0 Å². The van der Waals surface area contributed by atoms with E-state index in [-0.39, 0.29) is 11.4 Å². The molecule has 0 radical (unpaired) electrons. The molecule has 3 aromatic rings. The van der Waals surface area contributed by atoms with E-state index < -0.39 is 4.92 Å². The molecule has 0 saturated carbocycles. The maximum Gasteiger partial charge on any atom is 0.334 e. The molecular formula is C14H12N4O3. The van der Waals surface area contributed by atoms with Gasteiger partial charge in [-0.15, -0.1) is 0 Å². The molecule has 0 unspecified atom stereocenters. The van der Waals surface area contributed by atoms with E-state index in [9.17, 15) is 14.9 Å². The minimum absolute atomic E-state index is 0.0148. The average Bonchev–Trinajstić information content (AvgIpc) is 2.78. The molecule has 0 amide bonds. The number of nitro groups is 1. The van der Waals surface area contributed by atoms with Crippen LogP contribution in [0, 0.1) is 10.1 Å². The van der Waals surface area contributed by atoms with Gasteiger partial charge in [-0.25, -0.2) is 14.3 Å². The van der Waals surface area contributed by atoms with Gasteiger partial charge in [0.1, 0.15) is 0 Å². The number of rotatable bonds is 3. The van der Waals surface area contributed by atoms with Crippen LogP contribution in [-0.2, 0) is 6.54 Å². The Morgan fingerprint density at radius 1 is 1.24 bits per heavy atom. The number of aryl methyl sites for hydroxylation is 1. The molecule has 7 nitrogen and oxygen atoms in total. The predicted molar refractivity (Wildman–Crippen MR) is 77.7 cm³/mol. The Morgan fingerprint density at radius 2 is 1.95 bits per heavy atom. The molecule has 0 saturated heterocycles. The summed E-state index contributed by atoms with van der Waals surface area (Å²) in [5.41, 5.74) is 1.61. The summed E-state index contributed by atoms with van der Waals surface area (Å²) in [5, 5.41) is 10.7. The highest BCUT2D eigenvalue weighted by atomic mass is 16.6. The summed E-state index contributed by atoms with van der Waals surface area (Å²) >= 11 is 0. The van der Waals surface area contributed by atoms with Crippen LogP contribution in [0.4, 0.5) is 5.69 Å². The zero-order valence-corrected chi connectivity index (χ0v) is 11.3. The lowest BCUT2D eigenvalue weighted by Gasteiger charge is -2.01. The molecule has 106 valence electrons. The van der Waals surface area contributed by atoms with Crippen LogP contribution < -0.4 is 5.69 Å². The molecule has 0 aliphatic rings. The highest BCUT2D eigenvalue weighted by Crippen LogP contribution is 2.18. The van der Waals surface area contributed by atoms with E-state index in [2.05, 4.69) is 4.98 Å². The maximum absolute atomic E-state index is 12.5. The van der Waals surface area contributed by atoms with Gasteiger partial charge < -0.3 is 0 Å². The van der Waals surface area contributed by atoms with Crippen LogP contribution in [0.25, 0.3) is 16.9 Å². The number of aromatic nitrogens is 3. The molecule has 2 aromatic heterocycles. The van der Waals surface area contributed by atoms with Crippen molar-refractivity contribution >= 4 is 16.9 Å². The van der Waals surface area contributed by atoms with Gasteiger partial charge in [-0.1, -0.05) is 0 Å². The van der Waals surface area contributed by atoms with E-state index >= 15 is 0 Å². The Kier molecular flexibility index (Phi) is 3.02. The van der Waals surface area contributed by atoms with Crippen LogP contribution in [0.5, 0.6) is 0 Å². The van der Waals surface area contributed by atoms with Crippen molar-refractivity contribution in [3.8, 4) is 5.69 Å². The highest BCUT2D eigenvalue weighted by Gasteiger charge is 2.15. The van der Waals surface area contributed by atoms with Gasteiger partial charge in [0.15, 0.2) is 5.65 Å². The predicted octanol–water partition coefficient (Wildman–Crippen LogP) is 2.12. The lowest BCUT2D eigenvalue weighted by Crippen LogP contribution is -2.22. The molecule has 2 heterocycles. The average molecular weight is 284 g/mol. The number of benzene rings is 1. The molecule has 0 fully saturated rings. The quantitative estimate of drug-likeness (QED) is 0.544. The van der Waals surface area contributed by atoms with Crippen LogP contribution >= 0.6 is 0 Å². The minimum atomic E-state index is -0.472. The van der Waals surface area contributed by atoms with E-state index in [1.807, 2.05) is 13.0 Å². The van der Waals surface area contributed by atoms with E-state index in [0.717, 1.165) is 5.52 Å². The third-order valence-electron chi connectivity index (χ3n) is 3.33. The largest absolute Gasteiger partial charge is 0.334 e. The molecule has 0 bridgehead atoms. The summed E-state index contributed by atoms with van der Waals surface area (Å²) in [6, 6.07) is 9.45. The molecule has 0 spiro atoms. The monoisotopic (exact) mass is 284 g/mol. The molecule has 1 aromatic carbocycles. The Hall–Kier alpha value is -2.96. The van der Waals surface area contributed by atoms with Gasteiger partial charge in [0.2, 0.25) is 0 Å². The van der Waals surface area contributed by atoms with Crippen LogP contribution in [0.2, 0.25) is 0 Å². The highest BCUT2D eigenvalue weighted by molar-refractivity contribution is 5.73. The second kappa shape index (κ2) is 4.86. The standard InChI is InChI=1S/C14H12N4O3/c1-2-16-12-4-3-9-15-13(12)17(14(16)19)10-5-7-11(8-6-10)18(20)21/h3-9H,2H2,1H3. The Bertz CT molecular complexity index is 877. The van der Waals surface area contributed by atoms with Gasteiger partial charge in [0, 0.05) is 24.9 Å². The summed E-state index contributed by atoms with van der Waals surface area (Å²) in [6.45, 7) is 2.41. The topological polar surface area (TPSA) is 83.0 Å². The van der Waals surface area contributed by atoms with Crippen molar-refractivity contribution in [1.29, 1.82) is 0 Å². The maximum atomic E-state index is 12.5. The Labute approximate surface area is 119 Å². The summed E-state index contributed by atoms with van der Waals surface area (Å²) < 4.78 is 3.08. The van der Waals surface area contributed by atoms with Gasteiger partial charge in [0.25, 0.3) is 5.69 Å². The van der Waals surface area contributed by atoms with Crippen molar-refractivity contribution in [3.05, 3.63) is 63.2 Å². The van der Waals surface area contributed by atoms with Gasteiger partial charge >= 0.3 is 5.69 Å². The number of imidazole rings is 1. The number of non-ortho nitro benzene ring substituents is 1. The molecule has 0 atom stereocenters. The summed E-state index contributed by atoms with van der Waals surface area (Å²) in [4.78, 5) is 27.0. The number of nitrogens with zero attached hydrogens (tertiary/aromatic N) is 4. The number of nitro benzene ring substituents is 1. The number of hydrogen-bond donors (Lipinski definition) is 0. The molecule has 0 aliphatic carbocycles. The zero-order chi connectivity index (χ0) is 15.0. The van der Waals surface area contributed by atoms with Gasteiger partial charge in [0.05, 0.1) is 16.1 Å². The Morgan fingerprint density at radius 3 is 2.57 bits per heavy atom. The summed E-state index contributed by atoms with van der Waals surface area (Å²) in [7, 11) is 0. The molecule has 3 rings (SSSR count). The second-order valence-electron chi connectivity index (χ2n) is 4.48. The SMILES string of the molecule is CCn1c(=O)n(-c2ccc([N+](=O)[O-])cc2)c2ncccc21. The van der Waals surface area contributed by atoms with Crippen molar-refractivity contribution in [2.75, 3.05) is 0 Å². The van der Waals surface area contributed by atoms with Crippen molar-refractivity contribution in [3.63, 3.8) is 0 Å². The van der Waals surface area contributed by atoms with Gasteiger partial charge in [-0.05, 0) is 31.2 Å². The number of hydrogen-bond acceptors (Lipinski definition) is 4. The minimum Gasteiger partial charge on any atom is -0.290 e. The first kappa shape index (κ1) is 13.0. The fraction of sp³-hybridized carbons (Fsp3) is 0.143. The third-order valence-corrected chi connectivity index (χ3v) is 3.33. The van der Waals surface area contributed by atoms with Crippen LogP contribution in [-0.4, -0.2) is 19.0 Å². The Balaban J connectivity index is 2.27. The van der Waals surface area contributed by atoms with Crippen LogP contribution in [0.1, 0.15) is 6.92 Å². The smallest absolute Gasteiger partial charge is 0.290 e. The lowest BCUT2D eigenvalue weighted by molar-refractivity contribution is -0.384. The fourth-order valence-corrected chi connectivity index (χ4v) is 2.35. The first-order valence-corrected chi connectivity index (χ1v) is 6.44. The normalized spacial score (nSPS) is 10.9. The molecule has 21 heavy (non-hydrogen) atoms. The molecule has 0 aliphatic heterocycles. The van der Waals surface area contributed by atoms with E-state index in [1.54, 1.807) is 29.0 Å². The number of pyridine rings is 1. The van der Waals surface area contributed by atoms with Crippen LogP contribution in [0.3, 0.4) is 0 Å². The van der Waals surface area contributed by atoms with Gasteiger partial charge in [-0.3, -0.25) is 14.7 Å². The van der Waals surface area contributed by atoms with E-state index in [1.165, 1.54) is 16.7 Å². The third kappa shape index (κ3) is 1.99. The van der Waals surface area contributed by atoms with E-state index in [0.29, 0.717) is 17.9 Å². The molecule has 0 N–H and O–H groups in total. The molecular weight excluding hydrogens is 272 g/mol. The lowest BCUT2D eigenvalue weighted by atomic mass is 10.3. The van der Waals surface area contributed by atoms with Crippen molar-refractivity contribution in [2.24, 2.45) is 0 Å². The van der Waals surface area contributed by atoms with Crippen LogP contribution in [0.15, 0.2) is 47.4 Å². The molecule has 7 heteroatoms. The number of fused-ring (bicyclic) bond motifs is 1. The van der Waals surface area contributed by atoms with Crippen molar-refractivity contribution in [1.82, 2.24) is 14.1 Å². The zero-order valence-electron chi connectivity index (χ0n) is 11.3.